The van der Waals surface area contributed by atoms with Crippen LogP contribution in [0.15, 0.2) is 47.5 Å². The van der Waals surface area contributed by atoms with E-state index in [1.807, 2.05) is 97.9 Å². The van der Waals surface area contributed by atoms with Gasteiger partial charge in [0, 0.05) is 70.7 Å². The molecule has 0 unspecified atom stereocenters. The Balaban J connectivity index is 0.000000248. The summed E-state index contributed by atoms with van der Waals surface area (Å²) in [6.45, 7) is 23.3. The van der Waals surface area contributed by atoms with E-state index in [2.05, 4.69) is 38.2 Å². The van der Waals surface area contributed by atoms with Gasteiger partial charge >= 0.3 is 0 Å². The first-order valence-electron chi connectivity index (χ1n) is 16.5. The Kier molecular flexibility index (Phi) is 12.5. The molecule has 0 amide bonds. The number of hydrogen-bond acceptors (Lipinski definition) is 6. The van der Waals surface area contributed by atoms with Gasteiger partial charge in [-0.05, 0) is 96.9 Å². The van der Waals surface area contributed by atoms with E-state index in [9.17, 15) is 0 Å². The number of benzene rings is 2. The van der Waals surface area contributed by atoms with Gasteiger partial charge in [-0.3, -0.25) is 4.99 Å². The Labute approximate surface area is 285 Å². The second-order valence-electron chi connectivity index (χ2n) is 11.3. The zero-order valence-corrected chi connectivity index (χ0v) is 30.7. The normalized spacial score (nSPS) is 11.0. The molecule has 0 aliphatic heterocycles. The largest absolute Gasteiger partial charge is 0.494 e. The van der Waals surface area contributed by atoms with E-state index in [0.29, 0.717) is 30.4 Å². The number of amidine groups is 1. The quantitative estimate of drug-likeness (QED) is 0.0915. The van der Waals surface area contributed by atoms with Gasteiger partial charge in [0.25, 0.3) is 0 Å². The lowest BCUT2D eigenvalue weighted by Crippen LogP contribution is -2.17. The molecule has 2 aromatic carbocycles. The fraction of sp³-hybridized carbons (Fsp3) is 0.368. The zero-order valence-electron chi connectivity index (χ0n) is 30.7. The van der Waals surface area contributed by atoms with E-state index in [1.165, 1.54) is 10.8 Å². The first-order chi connectivity index (χ1) is 22.9. The molecule has 6 N–H and O–H groups in total. The second kappa shape index (κ2) is 16.1. The number of nitrogen functional groups attached to an aromatic ring is 1. The van der Waals surface area contributed by atoms with Crippen molar-refractivity contribution in [3.63, 3.8) is 0 Å². The summed E-state index contributed by atoms with van der Waals surface area (Å²) in [5.74, 6) is 2.09. The Bertz CT molecular complexity index is 1890. The van der Waals surface area contributed by atoms with E-state index < -0.39 is 0 Å². The summed E-state index contributed by atoms with van der Waals surface area (Å²) in [6, 6.07) is 13.8. The molecule has 3 heterocycles. The standard InChI is InChI=1S/C18H22N4O.C18H24N4O.C2H6/c1-6-23-14-7-8-16(15(19)9-14)22-12(4)17-10(2)20-21-11(3)18(17)13(22)5;1-6-23-15-9-7-14(8-10-15)22-12(3)16(11(2)19)17(13(22)4)18(20)21-5;1-2/h7-9H,6,19H2,1-5H3;7-10,19H,6H2,1-5H3,(H2,20,21);1-2H3/p+1. The molecule has 0 bridgehead atoms. The number of fused-ring (bicyclic) bond motifs is 1. The summed E-state index contributed by atoms with van der Waals surface area (Å²) in [5, 5.41) is 18.0. The second-order valence-corrected chi connectivity index (χ2v) is 11.3. The number of aromatic nitrogens is 4. The van der Waals surface area contributed by atoms with Crippen LogP contribution in [0, 0.1) is 47.0 Å². The number of aryl methyl sites for hydroxylation is 4. The van der Waals surface area contributed by atoms with Gasteiger partial charge in [-0.1, -0.05) is 13.8 Å². The molecular formula is C38H53N8O2+. The SMILES string of the molecule is CC.CCOc1ccc(-n2c(C)c(C(C)=N)c(C(N)=NC)c2C)cc1.CCOc1ccc(-n2c(C)c3c(C)n[nH+]c(C)c3c2C)c(N)c1. The van der Waals surface area contributed by atoms with E-state index >= 15 is 0 Å². The highest BCUT2D eigenvalue weighted by molar-refractivity contribution is 6.11. The summed E-state index contributed by atoms with van der Waals surface area (Å²) in [6.07, 6.45) is 0. The fourth-order valence-electron chi connectivity index (χ4n) is 6.34. The number of nitrogens with two attached hydrogens (primary N) is 2. The third-order valence-electron chi connectivity index (χ3n) is 8.25. The maximum Gasteiger partial charge on any atom is 0.212 e. The highest BCUT2D eigenvalue weighted by atomic mass is 16.5. The number of nitrogens with one attached hydrogen (secondary N) is 2. The van der Waals surface area contributed by atoms with Gasteiger partial charge in [0.2, 0.25) is 5.69 Å². The zero-order chi connectivity index (χ0) is 35.9. The molecule has 0 saturated heterocycles. The molecule has 0 fully saturated rings. The van der Waals surface area contributed by atoms with Crippen LogP contribution >= 0.6 is 0 Å². The minimum absolute atomic E-state index is 0.455. The molecular weight excluding hydrogens is 600 g/mol. The molecule has 10 heteroatoms. The maximum atomic E-state index is 8.10. The van der Waals surface area contributed by atoms with Crippen molar-refractivity contribution >= 4 is 28.0 Å². The highest BCUT2D eigenvalue weighted by Crippen LogP contribution is 2.34. The molecule has 0 aliphatic rings. The number of aliphatic imine (C=N–C) groups is 1. The number of nitrogens with zero attached hydrogens (tertiary/aromatic N) is 4. The Hall–Kier alpha value is -5.12. The van der Waals surface area contributed by atoms with Crippen LogP contribution in [0.5, 0.6) is 11.5 Å². The van der Waals surface area contributed by atoms with Gasteiger partial charge in [0.1, 0.15) is 23.0 Å². The summed E-state index contributed by atoms with van der Waals surface area (Å²) in [5.41, 5.74) is 23.6. The van der Waals surface area contributed by atoms with Gasteiger partial charge in [0.05, 0.1) is 30.0 Å². The van der Waals surface area contributed by atoms with Gasteiger partial charge in [-0.15, -0.1) is 5.10 Å². The summed E-state index contributed by atoms with van der Waals surface area (Å²) >= 11 is 0. The van der Waals surface area contributed by atoms with Crippen molar-refractivity contribution in [2.24, 2.45) is 10.7 Å². The van der Waals surface area contributed by atoms with E-state index in [1.54, 1.807) is 14.0 Å². The molecule has 0 saturated carbocycles. The van der Waals surface area contributed by atoms with Crippen LogP contribution in [0.25, 0.3) is 22.1 Å². The molecule has 10 nitrogen and oxygen atoms in total. The van der Waals surface area contributed by atoms with Crippen LogP contribution in [-0.4, -0.2) is 46.0 Å². The van der Waals surface area contributed by atoms with Crippen molar-refractivity contribution < 1.29 is 14.6 Å². The summed E-state index contributed by atoms with van der Waals surface area (Å²) < 4.78 is 15.3. The number of ether oxygens (including phenoxy) is 2. The predicted octanol–water partition coefficient (Wildman–Crippen LogP) is 7.30. The monoisotopic (exact) mass is 653 g/mol. The van der Waals surface area contributed by atoms with Crippen molar-refractivity contribution in [2.45, 2.75) is 76.2 Å². The summed E-state index contributed by atoms with van der Waals surface area (Å²) in [7, 11) is 1.67. The molecule has 3 aromatic heterocycles. The smallest absolute Gasteiger partial charge is 0.212 e. The molecule has 5 aromatic rings. The van der Waals surface area contributed by atoms with Gasteiger partial charge < -0.3 is 35.5 Å². The van der Waals surface area contributed by atoms with Crippen molar-refractivity contribution in [1.82, 2.24) is 14.2 Å². The van der Waals surface area contributed by atoms with E-state index in [-0.39, 0.29) is 0 Å². The first-order valence-corrected chi connectivity index (χ1v) is 16.5. The van der Waals surface area contributed by atoms with Crippen LogP contribution in [0.2, 0.25) is 0 Å². The average Bonchev–Trinajstić information content (AvgIpc) is 3.49. The molecule has 0 atom stereocenters. The van der Waals surface area contributed by atoms with E-state index in [0.717, 1.165) is 68.2 Å². The molecule has 5 rings (SSSR count). The van der Waals surface area contributed by atoms with Crippen LogP contribution in [0.4, 0.5) is 5.69 Å². The van der Waals surface area contributed by atoms with Crippen LogP contribution in [0.1, 0.15) is 79.9 Å². The average molecular weight is 654 g/mol. The fourth-order valence-corrected chi connectivity index (χ4v) is 6.34. The lowest BCUT2D eigenvalue weighted by molar-refractivity contribution is -0.462. The third-order valence-corrected chi connectivity index (χ3v) is 8.25. The lowest BCUT2D eigenvalue weighted by atomic mass is 10.0. The number of rotatable bonds is 8. The number of hydrogen-bond donors (Lipinski definition) is 3. The molecule has 0 aliphatic carbocycles. The first kappa shape index (κ1) is 37.3. The number of aromatic amines is 1. The Morgan fingerprint density at radius 1 is 0.812 bits per heavy atom. The molecule has 0 radical (unpaired) electrons. The third kappa shape index (κ3) is 7.22. The van der Waals surface area contributed by atoms with Crippen molar-refractivity contribution in [3.05, 3.63) is 87.8 Å². The minimum Gasteiger partial charge on any atom is -0.494 e. The van der Waals surface area contributed by atoms with Crippen molar-refractivity contribution in [1.29, 1.82) is 5.41 Å². The van der Waals surface area contributed by atoms with Crippen LogP contribution in [-0.2, 0) is 0 Å². The molecule has 256 valence electrons. The number of anilines is 1. The highest BCUT2D eigenvalue weighted by Gasteiger charge is 2.23. The molecule has 48 heavy (non-hydrogen) atoms. The van der Waals surface area contributed by atoms with Gasteiger partial charge in [-0.25, -0.2) is 0 Å². The lowest BCUT2D eigenvalue weighted by Gasteiger charge is -2.13. The molecule has 0 spiro atoms. The Morgan fingerprint density at radius 3 is 1.88 bits per heavy atom. The predicted molar refractivity (Wildman–Crippen MR) is 199 cm³/mol. The van der Waals surface area contributed by atoms with Crippen molar-refractivity contribution in [2.75, 3.05) is 26.0 Å². The van der Waals surface area contributed by atoms with E-state index in [4.69, 9.17) is 26.4 Å². The van der Waals surface area contributed by atoms with Gasteiger partial charge in [-0.2, -0.15) is 0 Å². The van der Waals surface area contributed by atoms with Crippen molar-refractivity contribution in [3.8, 4) is 22.9 Å². The summed E-state index contributed by atoms with van der Waals surface area (Å²) in [4.78, 5) is 4.11. The van der Waals surface area contributed by atoms with Gasteiger partial charge in [0.15, 0.2) is 0 Å². The maximum absolute atomic E-state index is 8.10. The Morgan fingerprint density at radius 2 is 1.35 bits per heavy atom. The van der Waals surface area contributed by atoms with Crippen LogP contribution in [0.3, 0.4) is 0 Å². The number of H-pyrrole nitrogens is 1. The van der Waals surface area contributed by atoms with Crippen LogP contribution < -0.4 is 26.0 Å². The minimum atomic E-state index is 0.455. The topological polar surface area (TPSA) is 144 Å².